The minimum absolute atomic E-state index is 0.00392. The Morgan fingerprint density at radius 1 is 1.42 bits per heavy atom. The Morgan fingerprint density at radius 3 is 2.94 bits per heavy atom. The van der Waals surface area contributed by atoms with Gasteiger partial charge >= 0.3 is 10.3 Å². The zero-order valence-corrected chi connectivity index (χ0v) is 17.6. The Kier molecular flexibility index (Phi) is 6.21. The predicted molar refractivity (Wildman–Crippen MR) is 108 cm³/mol. The number of alkyl halides is 1. The first-order valence-corrected chi connectivity index (χ1v) is 10.9. The van der Waals surface area contributed by atoms with Crippen LogP contribution in [-0.2, 0) is 30.4 Å². The molecule has 0 spiro atoms. The lowest BCUT2D eigenvalue weighted by molar-refractivity contribution is -0.120. The van der Waals surface area contributed by atoms with Gasteiger partial charge in [-0.3, -0.25) is 13.5 Å². The van der Waals surface area contributed by atoms with Crippen molar-refractivity contribution < 1.29 is 31.6 Å². The normalized spacial score (nSPS) is 24.2. The summed E-state index contributed by atoms with van der Waals surface area (Å²) in [5.41, 5.74) is 12.3. The summed E-state index contributed by atoms with van der Waals surface area (Å²) in [6.07, 6.45) is -1.28. The van der Waals surface area contributed by atoms with Crippen LogP contribution in [0.2, 0.25) is 0 Å². The Balaban J connectivity index is 1.37. The molecular formula is C16H20FN9O6S. The molecular weight excluding hydrogens is 465 g/mol. The maximum atomic E-state index is 14.7. The number of nitrogens with zero attached hydrogens (tertiary/aromatic N) is 5. The first-order valence-electron chi connectivity index (χ1n) is 9.50. The minimum atomic E-state index is -4.62. The van der Waals surface area contributed by atoms with Gasteiger partial charge in [0, 0.05) is 18.3 Å². The van der Waals surface area contributed by atoms with Gasteiger partial charge in [-0.15, -0.1) is 0 Å². The summed E-state index contributed by atoms with van der Waals surface area (Å²) in [4.78, 5) is 30.3. The Morgan fingerprint density at radius 2 is 2.21 bits per heavy atom. The molecule has 0 radical (unpaired) electrons. The molecule has 0 aromatic carbocycles. The average molecular weight is 485 g/mol. The summed E-state index contributed by atoms with van der Waals surface area (Å²) >= 11 is 0. The van der Waals surface area contributed by atoms with Crippen molar-refractivity contribution >= 4 is 33.2 Å². The lowest BCUT2D eigenvalue weighted by Gasteiger charge is -2.16. The number of hydrogen-bond acceptors (Lipinski definition) is 12. The van der Waals surface area contributed by atoms with Crippen molar-refractivity contribution in [2.45, 2.75) is 37.1 Å². The van der Waals surface area contributed by atoms with Gasteiger partial charge in [-0.2, -0.15) is 8.42 Å². The minimum Gasteiger partial charge on any atom is -0.387 e. The highest BCUT2D eigenvalue weighted by molar-refractivity contribution is 7.85. The zero-order chi connectivity index (χ0) is 23.8. The van der Waals surface area contributed by atoms with Crippen LogP contribution >= 0.6 is 0 Å². The average Bonchev–Trinajstić information content (AvgIpc) is 3.48. The molecule has 5 atom stereocenters. The molecule has 3 aromatic heterocycles. The topological polar surface area (TPSA) is 226 Å². The number of hydrogen-bond donors (Lipinski definition) is 5. The number of aliphatic hydroxyl groups is 1. The molecule has 17 heteroatoms. The highest BCUT2D eigenvalue weighted by Crippen LogP contribution is 2.34. The number of nitrogen functional groups attached to an aromatic ring is 1. The molecule has 1 amide bonds. The van der Waals surface area contributed by atoms with E-state index < -0.39 is 53.5 Å². The number of H-pyrrole nitrogens is 1. The van der Waals surface area contributed by atoms with E-state index in [1.807, 2.05) is 0 Å². The van der Waals surface area contributed by atoms with E-state index in [4.69, 9.17) is 20.4 Å². The van der Waals surface area contributed by atoms with Crippen LogP contribution < -0.4 is 16.2 Å². The predicted octanol–water partition coefficient (Wildman–Crippen LogP) is -2.32. The van der Waals surface area contributed by atoms with E-state index in [-0.39, 0.29) is 23.4 Å². The molecule has 15 nitrogen and oxygen atoms in total. The lowest BCUT2D eigenvalue weighted by atomic mass is 10.1. The number of amides is 1. The highest BCUT2D eigenvalue weighted by Gasteiger charge is 2.46. The Hall–Kier alpha value is -3.25. The fraction of sp³-hybridized carbons (Fsp3) is 0.438. The first kappa shape index (κ1) is 22.9. The molecule has 7 N–H and O–H groups in total. The molecule has 4 heterocycles. The lowest BCUT2D eigenvalue weighted by Crippen LogP contribution is -2.45. The number of aromatic amines is 1. The van der Waals surface area contributed by atoms with Gasteiger partial charge in [0.1, 0.15) is 24.1 Å². The fourth-order valence-electron chi connectivity index (χ4n) is 3.23. The molecule has 0 saturated carbocycles. The molecule has 1 aliphatic rings. The Bertz CT molecular complexity index is 1240. The summed E-state index contributed by atoms with van der Waals surface area (Å²) in [7, 11) is -4.62. The van der Waals surface area contributed by atoms with Gasteiger partial charge in [-0.05, 0) is 0 Å². The van der Waals surface area contributed by atoms with Gasteiger partial charge in [0.15, 0.2) is 23.9 Å². The van der Waals surface area contributed by atoms with Crippen LogP contribution in [0.15, 0.2) is 25.2 Å². The number of aromatic nitrogens is 6. The van der Waals surface area contributed by atoms with Crippen LogP contribution in [0, 0.1) is 0 Å². The van der Waals surface area contributed by atoms with Crippen LogP contribution in [0.4, 0.5) is 10.2 Å². The monoisotopic (exact) mass is 485 g/mol. The zero-order valence-electron chi connectivity index (χ0n) is 16.8. The summed E-state index contributed by atoms with van der Waals surface area (Å²) in [6.45, 7) is -0.778. The molecule has 1 aliphatic heterocycles. The number of nitrogens with one attached hydrogen (secondary N) is 2. The smallest absolute Gasteiger partial charge is 0.362 e. The third kappa shape index (κ3) is 4.76. The number of carbonyl (C=O) groups is 1. The Labute approximate surface area is 185 Å². The van der Waals surface area contributed by atoms with E-state index in [0.29, 0.717) is 5.69 Å². The van der Waals surface area contributed by atoms with E-state index in [9.17, 15) is 22.7 Å². The van der Waals surface area contributed by atoms with E-state index in [1.54, 1.807) is 4.72 Å². The van der Waals surface area contributed by atoms with Gasteiger partial charge in [-0.25, -0.2) is 29.0 Å². The number of anilines is 1. The van der Waals surface area contributed by atoms with E-state index in [0.717, 1.165) is 6.33 Å². The summed E-state index contributed by atoms with van der Waals surface area (Å²) in [6, 6.07) is -1.21. The van der Waals surface area contributed by atoms with E-state index in [1.165, 1.54) is 23.4 Å². The van der Waals surface area contributed by atoms with E-state index in [2.05, 4.69) is 24.9 Å². The second-order valence-electron chi connectivity index (χ2n) is 7.18. The maximum absolute atomic E-state index is 14.7. The van der Waals surface area contributed by atoms with E-state index >= 15 is 0 Å². The van der Waals surface area contributed by atoms with Crippen LogP contribution in [-0.4, -0.2) is 79.9 Å². The van der Waals surface area contributed by atoms with Gasteiger partial charge in [0.2, 0.25) is 0 Å². The number of ether oxygens (including phenoxy) is 1. The molecule has 4 rings (SSSR count). The number of imidazole rings is 2. The third-order valence-corrected chi connectivity index (χ3v) is 5.80. The van der Waals surface area contributed by atoms with Crippen molar-refractivity contribution in [3.05, 3.63) is 30.9 Å². The van der Waals surface area contributed by atoms with Crippen LogP contribution in [0.3, 0.4) is 0 Å². The maximum Gasteiger partial charge on any atom is 0.362 e. The van der Waals surface area contributed by atoms with Crippen molar-refractivity contribution in [3.8, 4) is 0 Å². The van der Waals surface area contributed by atoms with Gasteiger partial charge in [0.25, 0.3) is 5.91 Å². The molecule has 33 heavy (non-hydrogen) atoms. The molecule has 0 bridgehead atoms. The van der Waals surface area contributed by atoms with Gasteiger partial charge < -0.3 is 26.3 Å². The van der Waals surface area contributed by atoms with Crippen molar-refractivity contribution in [1.29, 1.82) is 0 Å². The molecule has 1 fully saturated rings. The quantitative estimate of drug-likeness (QED) is 0.226. The van der Waals surface area contributed by atoms with Crippen LogP contribution in [0.1, 0.15) is 11.9 Å². The molecule has 0 aliphatic carbocycles. The van der Waals surface area contributed by atoms with Crippen molar-refractivity contribution in [2.75, 3.05) is 12.3 Å². The first-order chi connectivity index (χ1) is 15.7. The van der Waals surface area contributed by atoms with Crippen LogP contribution in [0.5, 0.6) is 0 Å². The third-order valence-electron chi connectivity index (χ3n) is 4.90. The summed E-state index contributed by atoms with van der Waals surface area (Å²) < 4.78 is 52.0. The standard InChI is InChI=1S/C16H20FN9O6S/c17-10-12(27)9(32-16(10)26-6-24-11-13(19)22-5-23-14(11)26)3-31-33(29,30)25-15(28)8(18)1-7-2-20-4-21-7/h2,4-6,8-10,12,16,27H,1,3,18H2,(H,20,21)(H,25,28)(H2,19,22,23)/t8-,9+,10+,12+,16+/m0/s1. The van der Waals surface area contributed by atoms with Crippen molar-refractivity contribution in [2.24, 2.45) is 5.73 Å². The largest absolute Gasteiger partial charge is 0.387 e. The number of carbonyl (C=O) groups excluding carboxylic acids is 1. The molecule has 1 saturated heterocycles. The molecule has 0 unspecified atom stereocenters. The number of halogens is 1. The second-order valence-corrected chi connectivity index (χ2v) is 8.52. The van der Waals surface area contributed by atoms with Crippen molar-refractivity contribution in [1.82, 2.24) is 34.2 Å². The number of fused-ring (bicyclic) bond motifs is 1. The molecule has 178 valence electrons. The number of aliphatic hydroxyl groups excluding tert-OH is 1. The van der Waals surface area contributed by atoms with Crippen molar-refractivity contribution in [3.63, 3.8) is 0 Å². The van der Waals surface area contributed by atoms with Crippen LogP contribution in [0.25, 0.3) is 11.2 Å². The summed E-state index contributed by atoms with van der Waals surface area (Å²) in [5, 5.41) is 10.2. The fourth-order valence-corrected chi connectivity index (χ4v) is 4.00. The molecule has 3 aromatic rings. The summed E-state index contributed by atoms with van der Waals surface area (Å²) in [5.74, 6) is -0.957. The van der Waals surface area contributed by atoms with Gasteiger partial charge in [0.05, 0.1) is 25.3 Å². The second kappa shape index (κ2) is 8.94. The van der Waals surface area contributed by atoms with Gasteiger partial charge in [-0.1, -0.05) is 0 Å². The highest BCUT2D eigenvalue weighted by atomic mass is 32.2. The number of nitrogens with two attached hydrogens (primary N) is 2. The number of rotatable bonds is 8. The SMILES string of the molecule is Nc1ncnc2c1ncn2[C@@H]1O[C@H](COS(=O)(=O)NC(=O)[C@@H](N)Cc2cnc[nH]2)[C@@H](O)[C@H]1F.